The van der Waals surface area contributed by atoms with Crippen molar-refractivity contribution in [3.05, 3.63) is 155 Å². The largest absolute Gasteiger partial charge is 0.497 e. The number of esters is 1. The normalized spacial score (nSPS) is 15.7. The lowest BCUT2D eigenvalue weighted by molar-refractivity contribution is 0.0734. The van der Waals surface area contributed by atoms with Crippen LogP contribution in [0.25, 0.3) is 11.8 Å². The number of thiazole rings is 1. The SMILES string of the molecule is COc1ccc(C(=O)Oc2ccc(/C=c3\sc4n(c3=O)C(c3ccccc3Cl)C3=C(N=4)c4ccccc4CC3)cc2)cc1. The Kier molecular flexibility index (Phi) is 7.05. The van der Waals surface area contributed by atoms with Crippen molar-refractivity contribution in [2.75, 3.05) is 7.11 Å². The molecule has 4 aromatic carbocycles. The lowest BCUT2D eigenvalue weighted by Crippen LogP contribution is -2.38. The standard InChI is InChI=1S/C35H25ClN2O4S/c1-41-24-17-12-23(13-18-24)34(40)42-25-15-10-21(11-16-25)20-30-33(39)38-32(27-8-4-5-9-29(27)36)28-19-14-22-6-2-3-7-26(22)31(28)37-35(38)43-30/h2-13,15-18,20,32H,14,19H2,1H3/b30-20-. The fourth-order valence-electron chi connectivity index (χ4n) is 5.67. The maximum Gasteiger partial charge on any atom is 0.343 e. The molecule has 5 aromatic rings. The topological polar surface area (TPSA) is 69.9 Å². The molecule has 0 saturated carbocycles. The van der Waals surface area contributed by atoms with Gasteiger partial charge in [0.2, 0.25) is 0 Å². The van der Waals surface area contributed by atoms with E-state index in [0.29, 0.717) is 31.4 Å². The number of hydrogen-bond donors (Lipinski definition) is 0. The number of methoxy groups -OCH3 is 1. The van der Waals surface area contributed by atoms with Crippen LogP contribution >= 0.6 is 22.9 Å². The zero-order chi connectivity index (χ0) is 29.5. The summed E-state index contributed by atoms with van der Waals surface area (Å²) in [5, 5.41) is 0.620. The van der Waals surface area contributed by atoms with Crippen molar-refractivity contribution in [2.45, 2.75) is 18.9 Å². The van der Waals surface area contributed by atoms with Crippen LogP contribution in [0.4, 0.5) is 0 Å². The van der Waals surface area contributed by atoms with E-state index < -0.39 is 5.97 Å². The van der Waals surface area contributed by atoms with Gasteiger partial charge < -0.3 is 9.47 Å². The van der Waals surface area contributed by atoms with Gasteiger partial charge >= 0.3 is 5.97 Å². The van der Waals surface area contributed by atoms with Crippen LogP contribution in [0.1, 0.15) is 45.1 Å². The highest BCUT2D eigenvalue weighted by Crippen LogP contribution is 2.42. The number of aryl methyl sites for hydroxylation is 1. The fourth-order valence-corrected chi connectivity index (χ4v) is 6.91. The van der Waals surface area contributed by atoms with Crippen molar-refractivity contribution in [1.82, 2.24) is 4.57 Å². The van der Waals surface area contributed by atoms with Gasteiger partial charge in [0.15, 0.2) is 4.80 Å². The highest BCUT2D eigenvalue weighted by molar-refractivity contribution is 7.07. The Hall–Kier alpha value is -4.72. The van der Waals surface area contributed by atoms with Gasteiger partial charge in [0, 0.05) is 10.6 Å². The monoisotopic (exact) mass is 604 g/mol. The highest BCUT2D eigenvalue weighted by Gasteiger charge is 2.33. The Bertz CT molecular complexity index is 2090. The quantitative estimate of drug-likeness (QED) is 0.177. The van der Waals surface area contributed by atoms with Crippen molar-refractivity contribution in [2.24, 2.45) is 4.99 Å². The molecule has 212 valence electrons. The average Bonchev–Trinajstić information content (AvgIpc) is 3.35. The zero-order valence-electron chi connectivity index (χ0n) is 23.1. The molecule has 0 radical (unpaired) electrons. The number of carbonyl (C=O) groups excluding carboxylic acids is 1. The molecule has 1 aliphatic carbocycles. The van der Waals surface area contributed by atoms with E-state index in [-0.39, 0.29) is 11.6 Å². The summed E-state index contributed by atoms with van der Waals surface area (Å²) >= 11 is 8.10. The van der Waals surface area contributed by atoms with Crippen molar-refractivity contribution in [3.63, 3.8) is 0 Å². The average molecular weight is 605 g/mol. The maximum atomic E-state index is 14.0. The Morgan fingerprint density at radius 3 is 2.42 bits per heavy atom. The number of benzene rings is 4. The summed E-state index contributed by atoms with van der Waals surface area (Å²) < 4.78 is 13.0. The molecule has 1 aliphatic heterocycles. The zero-order valence-corrected chi connectivity index (χ0v) is 24.7. The van der Waals surface area contributed by atoms with Gasteiger partial charge in [0.25, 0.3) is 5.56 Å². The van der Waals surface area contributed by atoms with E-state index in [0.717, 1.165) is 40.8 Å². The molecule has 6 nitrogen and oxygen atoms in total. The van der Waals surface area contributed by atoms with E-state index >= 15 is 0 Å². The van der Waals surface area contributed by atoms with E-state index in [4.69, 9.17) is 26.1 Å². The summed E-state index contributed by atoms with van der Waals surface area (Å²) in [5.74, 6) is 0.604. The molecule has 0 spiro atoms. The third-order valence-corrected chi connectivity index (χ3v) is 9.11. The van der Waals surface area contributed by atoms with Crippen LogP contribution in [0, 0.1) is 0 Å². The first-order chi connectivity index (χ1) is 21.0. The summed E-state index contributed by atoms with van der Waals surface area (Å²) in [6.07, 6.45) is 3.52. The molecule has 0 saturated heterocycles. The first kappa shape index (κ1) is 27.1. The Morgan fingerprint density at radius 1 is 0.930 bits per heavy atom. The smallest absolute Gasteiger partial charge is 0.343 e. The number of rotatable bonds is 5. The summed E-state index contributed by atoms with van der Waals surface area (Å²) in [5.41, 5.74) is 6.41. The van der Waals surface area contributed by atoms with Gasteiger partial charge in [-0.05, 0) is 83.6 Å². The predicted octanol–water partition coefficient (Wildman–Crippen LogP) is 6.20. The molecule has 1 unspecified atom stereocenters. The first-order valence-electron chi connectivity index (χ1n) is 13.8. The molecule has 7 rings (SSSR count). The van der Waals surface area contributed by atoms with Crippen LogP contribution in [0.2, 0.25) is 5.02 Å². The van der Waals surface area contributed by atoms with E-state index in [1.165, 1.54) is 16.9 Å². The Morgan fingerprint density at radius 2 is 1.65 bits per heavy atom. The van der Waals surface area contributed by atoms with Gasteiger partial charge in [-0.3, -0.25) is 9.36 Å². The molecule has 0 N–H and O–H groups in total. The first-order valence-corrected chi connectivity index (χ1v) is 15.0. The number of fused-ring (bicyclic) bond motifs is 3. The number of halogens is 1. The number of allylic oxidation sites excluding steroid dienone is 1. The van der Waals surface area contributed by atoms with Crippen molar-refractivity contribution < 1.29 is 14.3 Å². The summed E-state index contributed by atoms with van der Waals surface area (Å²) in [6.45, 7) is 0. The molecule has 1 atom stereocenters. The highest BCUT2D eigenvalue weighted by atomic mass is 35.5. The molecule has 2 aliphatic rings. The molecule has 0 amide bonds. The van der Waals surface area contributed by atoms with Crippen LogP contribution in [0.15, 0.2) is 112 Å². The van der Waals surface area contributed by atoms with Gasteiger partial charge in [-0.1, -0.05) is 77.5 Å². The lowest BCUT2D eigenvalue weighted by atomic mass is 9.83. The second kappa shape index (κ2) is 11.2. The lowest BCUT2D eigenvalue weighted by Gasteiger charge is -2.31. The number of nitrogens with zero attached hydrogens (tertiary/aromatic N) is 2. The van der Waals surface area contributed by atoms with Crippen LogP contribution < -0.4 is 24.4 Å². The minimum Gasteiger partial charge on any atom is -0.497 e. The molecular formula is C35H25ClN2O4S. The van der Waals surface area contributed by atoms with Gasteiger partial charge in [-0.25, -0.2) is 9.79 Å². The van der Waals surface area contributed by atoms with Crippen LogP contribution in [0.3, 0.4) is 0 Å². The fraction of sp³-hybridized carbons (Fsp3) is 0.114. The Balaban J connectivity index is 1.26. The summed E-state index contributed by atoms with van der Waals surface area (Å²) in [6, 6.07) is 29.5. The molecule has 1 aromatic heterocycles. The second-order valence-corrected chi connectivity index (χ2v) is 11.7. The Labute approximate surface area is 256 Å². The predicted molar refractivity (Wildman–Crippen MR) is 169 cm³/mol. The van der Waals surface area contributed by atoms with Gasteiger partial charge in [0.05, 0.1) is 28.9 Å². The summed E-state index contributed by atoms with van der Waals surface area (Å²) in [4.78, 5) is 32.2. The van der Waals surface area contributed by atoms with Crippen LogP contribution in [-0.2, 0) is 6.42 Å². The minimum absolute atomic E-state index is 0.117. The third kappa shape index (κ3) is 5.01. The van der Waals surface area contributed by atoms with Gasteiger partial charge in [-0.15, -0.1) is 0 Å². The van der Waals surface area contributed by atoms with E-state index in [1.807, 2.05) is 48.5 Å². The van der Waals surface area contributed by atoms with Gasteiger partial charge in [0.1, 0.15) is 11.5 Å². The third-order valence-electron chi connectivity index (χ3n) is 7.79. The van der Waals surface area contributed by atoms with Gasteiger partial charge in [-0.2, -0.15) is 0 Å². The molecule has 0 fully saturated rings. The van der Waals surface area contributed by atoms with E-state index in [2.05, 4.69) is 18.2 Å². The molecule has 0 bridgehead atoms. The molecule has 8 heteroatoms. The number of ether oxygens (including phenoxy) is 2. The minimum atomic E-state index is -0.464. The number of aromatic nitrogens is 1. The van der Waals surface area contributed by atoms with Crippen LogP contribution in [-0.4, -0.2) is 17.6 Å². The second-order valence-electron chi connectivity index (χ2n) is 10.3. The number of hydrogen-bond acceptors (Lipinski definition) is 6. The molecule has 43 heavy (non-hydrogen) atoms. The molecular weight excluding hydrogens is 580 g/mol. The van der Waals surface area contributed by atoms with Crippen LogP contribution in [0.5, 0.6) is 11.5 Å². The van der Waals surface area contributed by atoms with Crippen molar-refractivity contribution in [1.29, 1.82) is 0 Å². The van der Waals surface area contributed by atoms with E-state index in [9.17, 15) is 9.59 Å². The molecule has 2 heterocycles. The maximum absolute atomic E-state index is 14.0. The number of carbonyl (C=O) groups is 1. The van der Waals surface area contributed by atoms with Crippen molar-refractivity contribution in [3.8, 4) is 11.5 Å². The van der Waals surface area contributed by atoms with Crippen molar-refractivity contribution >= 4 is 40.7 Å². The van der Waals surface area contributed by atoms with E-state index in [1.54, 1.807) is 48.1 Å². The summed E-state index contributed by atoms with van der Waals surface area (Å²) in [7, 11) is 1.57.